The fourth-order valence-electron chi connectivity index (χ4n) is 2.21. The van der Waals surface area contributed by atoms with Crippen molar-refractivity contribution in [3.05, 3.63) is 36.2 Å². The van der Waals surface area contributed by atoms with Crippen LogP contribution in [0.15, 0.2) is 30.5 Å². The van der Waals surface area contributed by atoms with E-state index in [9.17, 15) is 0 Å². The average Bonchev–Trinajstić information content (AvgIpc) is 2.92. The van der Waals surface area contributed by atoms with Gasteiger partial charge in [-0.2, -0.15) is 15.0 Å². The van der Waals surface area contributed by atoms with Gasteiger partial charge in [0.05, 0.1) is 28.8 Å². The Hall–Kier alpha value is -1.66. The Kier molecular flexibility index (Phi) is 3.18. The molecule has 1 aliphatic rings. The number of hydrogen-bond donors (Lipinski definition) is 0. The lowest BCUT2D eigenvalue weighted by Gasteiger charge is -2.32. The van der Waals surface area contributed by atoms with Crippen LogP contribution in [-0.2, 0) is 9.31 Å². The van der Waals surface area contributed by atoms with Crippen LogP contribution < -0.4 is 5.46 Å². The Bertz CT molecular complexity index is 633. The van der Waals surface area contributed by atoms with E-state index < -0.39 is 0 Å². The maximum absolute atomic E-state index is 6.04. The van der Waals surface area contributed by atoms with E-state index in [4.69, 9.17) is 9.31 Å². The van der Waals surface area contributed by atoms with Crippen LogP contribution in [0.1, 0.15) is 33.4 Å². The first kappa shape index (κ1) is 14.3. The molecule has 0 radical (unpaired) electrons. The maximum atomic E-state index is 6.04. The smallest absolute Gasteiger partial charge is 0.399 e. The molecule has 0 aliphatic carbocycles. The molecule has 5 nitrogen and oxygen atoms in total. The van der Waals surface area contributed by atoms with E-state index in [0.29, 0.717) is 0 Å². The summed E-state index contributed by atoms with van der Waals surface area (Å²) in [5, 5.41) is 8.50. The summed E-state index contributed by atoms with van der Waals surface area (Å²) in [5.74, 6) is 0. The highest BCUT2D eigenvalue weighted by atomic mass is 16.7. The van der Waals surface area contributed by atoms with Gasteiger partial charge in [0.2, 0.25) is 0 Å². The highest BCUT2D eigenvalue weighted by Crippen LogP contribution is 2.36. The third kappa shape index (κ3) is 2.49. The summed E-state index contributed by atoms with van der Waals surface area (Å²) in [5.41, 5.74) is 2.17. The first-order chi connectivity index (χ1) is 9.78. The second-order valence-electron chi connectivity index (χ2n) is 6.46. The minimum Gasteiger partial charge on any atom is -0.399 e. The fourth-order valence-corrected chi connectivity index (χ4v) is 2.21. The van der Waals surface area contributed by atoms with Gasteiger partial charge < -0.3 is 9.31 Å². The Morgan fingerprint density at radius 3 is 2.05 bits per heavy atom. The van der Waals surface area contributed by atoms with Crippen molar-refractivity contribution in [1.29, 1.82) is 0 Å². The van der Waals surface area contributed by atoms with Crippen molar-refractivity contribution in [1.82, 2.24) is 15.0 Å². The van der Waals surface area contributed by atoms with Crippen molar-refractivity contribution in [3.8, 4) is 5.69 Å². The Morgan fingerprint density at radius 1 is 1.00 bits per heavy atom. The molecule has 21 heavy (non-hydrogen) atoms. The van der Waals surface area contributed by atoms with Crippen LogP contribution in [0.25, 0.3) is 5.69 Å². The van der Waals surface area contributed by atoms with Gasteiger partial charge in [-0.3, -0.25) is 0 Å². The molecule has 0 saturated carbocycles. The van der Waals surface area contributed by atoms with Gasteiger partial charge in [0.25, 0.3) is 0 Å². The number of benzene rings is 1. The van der Waals surface area contributed by atoms with Gasteiger partial charge in [-0.25, -0.2) is 0 Å². The van der Waals surface area contributed by atoms with E-state index in [2.05, 4.69) is 37.9 Å². The SMILES string of the molecule is Cc1cnn(-c2ccc(B3OC(C)(C)C(C)(C)O3)cc2)n1. The molecule has 1 aromatic heterocycles. The van der Waals surface area contributed by atoms with E-state index in [1.807, 2.05) is 31.2 Å². The first-order valence-electron chi connectivity index (χ1n) is 7.13. The van der Waals surface area contributed by atoms with Crippen molar-refractivity contribution < 1.29 is 9.31 Å². The van der Waals surface area contributed by atoms with E-state index in [1.165, 1.54) is 0 Å². The van der Waals surface area contributed by atoms with E-state index in [-0.39, 0.29) is 18.3 Å². The second-order valence-corrected chi connectivity index (χ2v) is 6.46. The van der Waals surface area contributed by atoms with E-state index >= 15 is 0 Å². The molecule has 2 heterocycles. The second kappa shape index (κ2) is 4.68. The first-order valence-corrected chi connectivity index (χ1v) is 7.13. The molecule has 0 atom stereocenters. The summed E-state index contributed by atoms with van der Waals surface area (Å²) in [6.45, 7) is 10.1. The zero-order valence-corrected chi connectivity index (χ0v) is 13.1. The van der Waals surface area contributed by atoms with Crippen molar-refractivity contribution >= 4 is 12.6 Å². The number of aryl methyl sites for hydroxylation is 1. The van der Waals surface area contributed by atoms with Gasteiger partial charge in [-0.1, -0.05) is 12.1 Å². The van der Waals surface area contributed by atoms with Gasteiger partial charge >= 0.3 is 7.12 Å². The Labute approximate surface area is 125 Å². The molecular weight excluding hydrogens is 265 g/mol. The quantitative estimate of drug-likeness (QED) is 0.790. The van der Waals surface area contributed by atoms with Crippen LogP contribution in [0, 0.1) is 6.92 Å². The molecule has 110 valence electrons. The summed E-state index contributed by atoms with van der Waals surface area (Å²) in [4.78, 5) is 1.61. The highest BCUT2D eigenvalue weighted by Gasteiger charge is 2.51. The molecular formula is C15H20BN3O2. The summed E-state index contributed by atoms with van der Waals surface area (Å²) in [7, 11) is -0.337. The Morgan fingerprint density at radius 2 is 1.57 bits per heavy atom. The molecule has 0 N–H and O–H groups in total. The van der Waals surface area contributed by atoms with Crippen LogP contribution in [0.2, 0.25) is 0 Å². The molecule has 0 amide bonds. The molecule has 3 rings (SSSR count). The molecule has 1 fully saturated rings. The zero-order valence-electron chi connectivity index (χ0n) is 13.1. The van der Waals surface area contributed by atoms with Crippen LogP contribution in [0.3, 0.4) is 0 Å². The molecule has 0 unspecified atom stereocenters. The third-order valence-corrected chi connectivity index (χ3v) is 4.26. The molecule has 1 saturated heterocycles. The highest BCUT2D eigenvalue weighted by molar-refractivity contribution is 6.62. The molecule has 0 spiro atoms. The summed E-state index contributed by atoms with van der Waals surface area (Å²) >= 11 is 0. The predicted molar refractivity (Wildman–Crippen MR) is 81.8 cm³/mol. The fraction of sp³-hybridized carbons (Fsp3) is 0.467. The van der Waals surface area contributed by atoms with Crippen molar-refractivity contribution in [2.45, 2.75) is 45.8 Å². The van der Waals surface area contributed by atoms with Crippen LogP contribution in [0.5, 0.6) is 0 Å². The van der Waals surface area contributed by atoms with Gasteiger partial charge in [0.1, 0.15) is 0 Å². The number of hydrogen-bond acceptors (Lipinski definition) is 4. The molecule has 6 heteroatoms. The van der Waals surface area contributed by atoms with Crippen molar-refractivity contribution in [2.75, 3.05) is 0 Å². The minimum absolute atomic E-state index is 0.322. The summed E-state index contributed by atoms with van der Waals surface area (Å²) in [6.07, 6.45) is 1.74. The van der Waals surface area contributed by atoms with Crippen LogP contribution in [0.4, 0.5) is 0 Å². The van der Waals surface area contributed by atoms with Gasteiger partial charge in [-0.05, 0) is 52.2 Å². The topological polar surface area (TPSA) is 49.2 Å². The maximum Gasteiger partial charge on any atom is 0.494 e. The standard InChI is InChI=1S/C15H20BN3O2/c1-11-10-17-19(18-11)13-8-6-12(7-9-13)16-20-14(2,3)15(4,5)21-16/h6-10H,1-5H3. The van der Waals surface area contributed by atoms with Crippen molar-refractivity contribution in [2.24, 2.45) is 0 Å². The van der Waals surface area contributed by atoms with Gasteiger partial charge in [0, 0.05) is 0 Å². The third-order valence-electron chi connectivity index (χ3n) is 4.26. The summed E-state index contributed by atoms with van der Waals surface area (Å²) < 4.78 is 12.1. The molecule has 2 aromatic rings. The monoisotopic (exact) mass is 285 g/mol. The predicted octanol–water partition coefficient (Wildman–Crippen LogP) is 1.87. The van der Waals surface area contributed by atoms with Gasteiger partial charge in [0.15, 0.2) is 0 Å². The zero-order chi connectivity index (χ0) is 15.3. The van der Waals surface area contributed by atoms with Crippen LogP contribution in [-0.4, -0.2) is 33.3 Å². The normalized spacial score (nSPS) is 20.0. The molecule has 1 aromatic carbocycles. The molecule has 0 bridgehead atoms. The van der Waals surface area contributed by atoms with E-state index in [0.717, 1.165) is 16.8 Å². The minimum atomic E-state index is -0.337. The Balaban J connectivity index is 1.83. The van der Waals surface area contributed by atoms with E-state index in [1.54, 1.807) is 11.0 Å². The lowest BCUT2D eigenvalue weighted by molar-refractivity contribution is 0.00578. The average molecular weight is 285 g/mol. The van der Waals surface area contributed by atoms with Crippen LogP contribution >= 0.6 is 0 Å². The van der Waals surface area contributed by atoms with Gasteiger partial charge in [-0.15, -0.1) is 0 Å². The summed E-state index contributed by atoms with van der Waals surface area (Å²) in [6, 6.07) is 7.94. The molecule has 1 aliphatic heterocycles. The lowest BCUT2D eigenvalue weighted by Crippen LogP contribution is -2.41. The lowest BCUT2D eigenvalue weighted by atomic mass is 9.79. The number of rotatable bonds is 2. The number of nitrogens with zero attached hydrogens (tertiary/aromatic N) is 3. The van der Waals surface area contributed by atoms with Crippen molar-refractivity contribution in [3.63, 3.8) is 0 Å². The number of aromatic nitrogens is 3. The largest absolute Gasteiger partial charge is 0.494 e.